The third-order valence-corrected chi connectivity index (χ3v) is 4.71. The zero-order valence-corrected chi connectivity index (χ0v) is 12.8. The van der Waals surface area contributed by atoms with Gasteiger partial charge in [-0.25, -0.2) is 0 Å². The number of rotatable bonds is 4. The number of thioether (sulfide) groups is 1. The average molecular weight is 334 g/mol. The second-order valence-electron chi connectivity index (χ2n) is 3.87. The SMILES string of the molecule is COc1ccc(CSc2ccccc2Br)cc1C#N. The van der Waals surface area contributed by atoms with Crippen molar-refractivity contribution in [2.75, 3.05) is 7.11 Å². The zero-order chi connectivity index (χ0) is 13.7. The van der Waals surface area contributed by atoms with Crippen LogP contribution in [-0.2, 0) is 5.75 Å². The minimum atomic E-state index is 0.577. The molecule has 96 valence electrons. The van der Waals surface area contributed by atoms with Gasteiger partial charge in [0.05, 0.1) is 12.7 Å². The van der Waals surface area contributed by atoms with Crippen LogP contribution in [0.3, 0.4) is 0 Å². The van der Waals surface area contributed by atoms with E-state index in [9.17, 15) is 0 Å². The quantitative estimate of drug-likeness (QED) is 0.765. The molecule has 0 unspecified atom stereocenters. The smallest absolute Gasteiger partial charge is 0.136 e. The standard InChI is InChI=1S/C15H12BrNOS/c1-18-14-7-6-11(8-12(14)9-17)10-19-15-5-3-2-4-13(15)16/h2-8H,10H2,1H3. The molecule has 0 saturated heterocycles. The molecule has 0 aromatic heterocycles. The summed E-state index contributed by atoms with van der Waals surface area (Å²) >= 11 is 5.26. The summed E-state index contributed by atoms with van der Waals surface area (Å²) in [5.74, 6) is 1.44. The third-order valence-electron chi connectivity index (χ3n) is 2.62. The molecule has 0 aliphatic heterocycles. The first-order valence-electron chi connectivity index (χ1n) is 5.69. The highest BCUT2D eigenvalue weighted by molar-refractivity contribution is 9.10. The Balaban J connectivity index is 2.13. The summed E-state index contributed by atoms with van der Waals surface area (Å²) in [6, 6.07) is 16.0. The summed E-state index contributed by atoms with van der Waals surface area (Å²) in [5.41, 5.74) is 1.69. The predicted octanol–water partition coefficient (Wildman–Crippen LogP) is 4.62. The van der Waals surface area contributed by atoms with Crippen molar-refractivity contribution in [3.05, 3.63) is 58.1 Å². The fraction of sp³-hybridized carbons (Fsp3) is 0.133. The lowest BCUT2D eigenvalue weighted by Crippen LogP contribution is -1.90. The molecule has 0 radical (unpaired) electrons. The molecule has 0 fully saturated rings. The topological polar surface area (TPSA) is 33.0 Å². The van der Waals surface area contributed by atoms with Gasteiger partial charge >= 0.3 is 0 Å². The van der Waals surface area contributed by atoms with Crippen LogP contribution in [0.2, 0.25) is 0 Å². The maximum absolute atomic E-state index is 9.06. The van der Waals surface area contributed by atoms with Gasteiger partial charge in [-0.05, 0) is 45.8 Å². The summed E-state index contributed by atoms with van der Waals surface area (Å²) in [6.45, 7) is 0. The van der Waals surface area contributed by atoms with E-state index in [4.69, 9.17) is 10.00 Å². The van der Waals surface area contributed by atoms with Crippen molar-refractivity contribution in [3.63, 3.8) is 0 Å². The summed E-state index contributed by atoms with van der Waals surface area (Å²) in [6.07, 6.45) is 0. The number of ether oxygens (including phenoxy) is 1. The number of hydrogen-bond acceptors (Lipinski definition) is 3. The van der Waals surface area contributed by atoms with Crippen molar-refractivity contribution in [2.45, 2.75) is 10.6 Å². The zero-order valence-electron chi connectivity index (χ0n) is 10.4. The van der Waals surface area contributed by atoms with Crippen molar-refractivity contribution in [3.8, 4) is 11.8 Å². The number of halogens is 1. The van der Waals surface area contributed by atoms with Crippen molar-refractivity contribution in [1.29, 1.82) is 5.26 Å². The largest absolute Gasteiger partial charge is 0.495 e. The molecule has 0 bridgehead atoms. The summed E-state index contributed by atoms with van der Waals surface area (Å²) in [5, 5.41) is 9.06. The van der Waals surface area contributed by atoms with Gasteiger partial charge in [0.2, 0.25) is 0 Å². The Hall–Kier alpha value is -1.44. The van der Waals surface area contributed by atoms with Crippen molar-refractivity contribution < 1.29 is 4.74 Å². The maximum Gasteiger partial charge on any atom is 0.136 e. The van der Waals surface area contributed by atoms with Gasteiger partial charge in [-0.3, -0.25) is 0 Å². The molecule has 0 spiro atoms. The van der Waals surface area contributed by atoms with Gasteiger partial charge in [-0.15, -0.1) is 11.8 Å². The molecule has 0 heterocycles. The lowest BCUT2D eigenvalue weighted by Gasteiger charge is -2.07. The predicted molar refractivity (Wildman–Crippen MR) is 81.4 cm³/mol. The van der Waals surface area contributed by atoms with Gasteiger partial charge in [-0.1, -0.05) is 18.2 Å². The number of methoxy groups -OCH3 is 1. The Morgan fingerprint density at radius 2 is 2.05 bits per heavy atom. The molecule has 0 aliphatic carbocycles. The first-order chi connectivity index (χ1) is 9.24. The molecule has 2 aromatic carbocycles. The van der Waals surface area contributed by atoms with Gasteiger partial charge < -0.3 is 4.74 Å². The maximum atomic E-state index is 9.06. The highest BCUT2D eigenvalue weighted by Crippen LogP contribution is 2.30. The van der Waals surface area contributed by atoms with E-state index in [1.165, 1.54) is 4.90 Å². The lowest BCUT2D eigenvalue weighted by atomic mass is 10.1. The van der Waals surface area contributed by atoms with Crippen LogP contribution >= 0.6 is 27.7 Å². The number of nitrogens with zero attached hydrogens (tertiary/aromatic N) is 1. The molecule has 4 heteroatoms. The lowest BCUT2D eigenvalue weighted by molar-refractivity contribution is 0.413. The second kappa shape index (κ2) is 6.65. The van der Waals surface area contributed by atoms with E-state index >= 15 is 0 Å². The molecule has 2 rings (SSSR count). The fourth-order valence-corrected chi connectivity index (χ4v) is 3.17. The summed E-state index contributed by atoms with van der Waals surface area (Å²) in [4.78, 5) is 1.19. The van der Waals surface area contributed by atoms with E-state index < -0.39 is 0 Å². The summed E-state index contributed by atoms with van der Waals surface area (Å²) in [7, 11) is 1.58. The van der Waals surface area contributed by atoms with Gasteiger partial charge in [0.1, 0.15) is 11.8 Å². The molecule has 0 atom stereocenters. The Labute approximate surface area is 125 Å². The van der Waals surface area contributed by atoms with Crippen LogP contribution in [0.1, 0.15) is 11.1 Å². The van der Waals surface area contributed by atoms with Gasteiger partial charge in [0.15, 0.2) is 0 Å². The molecular weight excluding hydrogens is 322 g/mol. The number of hydrogen-bond donors (Lipinski definition) is 0. The van der Waals surface area contributed by atoms with E-state index in [1.54, 1.807) is 18.9 Å². The molecule has 0 aliphatic rings. The van der Waals surface area contributed by atoms with Crippen LogP contribution in [0.25, 0.3) is 0 Å². The molecule has 2 nitrogen and oxygen atoms in total. The Kier molecular flexibility index (Phi) is 4.89. The van der Waals surface area contributed by atoms with Crippen LogP contribution in [0.15, 0.2) is 51.8 Å². The van der Waals surface area contributed by atoms with Gasteiger partial charge in [-0.2, -0.15) is 5.26 Å². The van der Waals surface area contributed by atoms with Crippen LogP contribution in [0.5, 0.6) is 5.75 Å². The molecule has 2 aromatic rings. The van der Waals surface area contributed by atoms with E-state index in [-0.39, 0.29) is 0 Å². The van der Waals surface area contributed by atoms with E-state index in [2.05, 4.69) is 28.1 Å². The normalized spacial score (nSPS) is 9.95. The van der Waals surface area contributed by atoms with Gasteiger partial charge in [0.25, 0.3) is 0 Å². The second-order valence-corrected chi connectivity index (χ2v) is 5.74. The van der Waals surface area contributed by atoms with Crippen molar-refractivity contribution >= 4 is 27.7 Å². The summed E-state index contributed by atoms with van der Waals surface area (Å²) < 4.78 is 6.23. The highest BCUT2D eigenvalue weighted by Gasteiger charge is 2.05. The number of nitriles is 1. The highest BCUT2D eigenvalue weighted by atomic mass is 79.9. The van der Waals surface area contributed by atoms with Crippen LogP contribution < -0.4 is 4.74 Å². The van der Waals surface area contributed by atoms with Crippen LogP contribution in [0.4, 0.5) is 0 Å². The van der Waals surface area contributed by atoms with E-state index in [0.29, 0.717) is 11.3 Å². The minimum Gasteiger partial charge on any atom is -0.495 e. The molecular formula is C15H12BrNOS. The van der Waals surface area contributed by atoms with Crippen molar-refractivity contribution in [2.24, 2.45) is 0 Å². The molecule has 0 saturated carbocycles. The molecule has 19 heavy (non-hydrogen) atoms. The monoisotopic (exact) mass is 333 g/mol. The average Bonchev–Trinajstić information content (AvgIpc) is 2.46. The minimum absolute atomic E-state index is 0.577. The first kappa shape index (κ1) is 14.0. The van der Waals surface area contributed by atoms with Crippen LogP contribution in [-0.4, -0.2) is 7.11 Å². The van der Waals surface area contributed by atoms with E-state index in [1.807, 2.05) is 36.4 Å². The van der Waals surface area contributed by atoms with Crippen LogP contribution in [0, 0.1) is 11.3 Å². The van der Waals surface area contributed by atoms with E-state index in [0.717, 1.165) is 15.8 Å². The molecule has 0 N–H and O–H groups in total. The van der Waals surface area contributed by atoms with Crippen molar-refractivity contribution in [1.82, 2.24) is 0 Å². The van der Waals surface area contributed by atoms with Gasteiger partial charge in [0, 0.05) is 15.1 Å². The Morgan fingerprint density at radius 1 is 1.26 bits per heavy atom. The number of benzene rings is 2. The third kappa shape index (κ3) is 3.52. The molecule has 0 amide bonds. The Bertz CT molecular complexity index is 622. The first-order valence-corrected chi connectivity index (χ1v) is 7.47. The fourth-order valence-electron chi connectivity index (χ4n) is 1.66. The Morgan fingerprint density at radius 3 is 2.74 bits per heavy atom.